The molecule has 0 saturated carbocycles. The van der Waals surface area contributed by atoms with Crippen molar-refractivity contribution in [2.45, 2.75) is 5.75 Å². The van der Waals surface area contributed by atoms with Gasteiger partial charge < -0.3 is 15.0 Å². The number of ether oxygens (including phenoxy) is 1. The van der Waals surface area contributed by atoms with Crippen molar-refractivity contribution in [3.63, 3.8) is 0 Å². The normalized spacial score (nSPS) is 14.5. The van der Waals surface area contributed by atoms with Crippen LogP contribution >= 0.6 is 0 Å². The minimum absolute atomic E-state index is 0.0973. The molecule has 2 aromatic carbocycles. The molecule has 28 heavy (non-hydrogen) atoms. The summed E-state index contributed by atoms with van der Waals surface area (Å²) in [4.78, 5) is 26.1. The maximum Gasteiger partial charge on any atom is 0.254 e. The van der Waals surface area contributed by atoms with E-state index in [-0.39, 0.29) is 11.7 Å². The lowest BCUT2D eigenvalue weighted by molar-refractivity contribution is -0.113. The first-order valence-corrected chi connectivity index (χ1v) is 10.8. The maximum atomic E-state index is 12.4. The molecule has 1 fully saturated rings. The van der Waals surface area contributed by atoms with Crippen molar-refractivity contribution >= 4 is 27.3 Å². The number of nitrogens with one attached hydrogen (secondary N) is 1. The summed E-state index contributed by atoms with van der Waals surface area (Å²) in [6, 6.07) is 15.1. The largest absolute Gasteiger partial charge is 0.378 e. The number of carbonyl (C=O) groups excluding carboxylic acids is 2. The van der Waals surface area contributed by atoms with Gasteiger partial charge in [0.05, 0.1) is 19.0 Å². The quantitative estimate of drug-likeness (QED) is 0.794. The SMILES string of the molecule is O=C(CS(=O)(=O)Cc1ccc(C(=O)N2CCOCC2)cc1)Nc1ccccc1. The summed E-state index contributed by atoms with van der Waals surface area (Å²) in [5.41, 5.74) is 1.59. The Balaban J connectivity index is 1.57. The predicted molar refractivity (Wildman–Crippen MR) is 106 cm³/mol. The third-order valence-corrected chi connectivity index (χ3v) is 5.77. The second kappa shape index (κ2) is 8.99. The molecule has 1 heterocycles. The number of anilines is 1. The molecule has 0 radical (unpaired) electrons. The first kappa shape index (κ1) is 20.0. The number of carbonyl (C=O) groups is 2. The zero-order valence-corrected chi connectivity index (χ0v) is 16.2. The van der Waals surface area contributed by atoms with Gasteiger partial charge in [-0.3, -0.25) is 9.59 Å². The topological polar surface area (TPSA) is 92.8 Å². The molecule has 0 atom stereocenters. The van der Waals surface area contributed by atoms with Crippen molar-refractivity contribution in [3.8, 4) is 0 Å². The minimum Gasteiger partial charge on any atom is -0.378 e. The lowest BCUT2D eigenvalue weighted by Gasteiger charge is -2.26. The van der Waals surface area contributed by atoms with E-state index in [0.717, 1.165) is 0 Å². The number of rotatable bonds is 6. The summed E-state index contributed by atoms with van der Waals surface area (Å²) in [7, 11) is -3.63. The number of hydrogen-bond donors (Lipinski definition) is 1. The van der Waals surface area contributed by atoms with Crippen LogP contribution in [0.25, 0.3) is 0 Å². The number of benzene rings is 2. The Hall–Kier alpha value is -2.71. The summed E-state index contributed by atoms with van der Waals surface area (Å²) < 4.78 is 29.9. The van der Waals surface area contributed by atoms with E-state index in [4.69, 9.17) is 4.74 Å². The molecule has 1 N–H and O–H groups in total. The van der Waals surface area contributed by atoms with Crippen LogP contribution in [-0.2, 0) is 25.1 Å². The van der Waals surface area contributed by atoms with Gasteiger partial charge in [0.15, 0.2) is 9.84 Å². The van der Waals surface area contributed by atoms with Gasteiger partial charge in [-0.15, -0.1) is 0 Å². The van der Waals surface area contributed by atoms with Crippen LogP contribution in [0.5, 0.6) is 0 Å². The Kier molecular flexibility index (Phi) is 6.43. The average Bonchev–Trinajstić information content (AvgIpc) is 2.68. The van der Waals surface area contributed by atoms with E-state index >= 15 is 0 Å². The highest BCUT2D eigenvalue weighted by atomic mass is 32.2. The van der Waals surface area contributed by atoms with Gasteiger partial charge in [-0.05, 0) is 29.8 Å². The van der Waals surface area contributed by atoms with Gasteiger partial charge in [0.2, 0.25) is 5.91 Å². The fraction of sp³-hybridized carbons (Fsp3) is 0.300. The highest BCUT2D eigenvalue weighted by Crippen LogP contribution is 2.13. The fourth-order valence-corrected chi connectivity index (χ4v) is 4.19. The molecule has 2 amide bonds. The average molecular weight is 402 g/mol. The van der Waals surface area contributed by atoms with Gasteiger partial charge in [0.1, 0.15) is 5.75 Å². The lowest BCUT2D eigenvalue weighted by Crippen LogP contribution is -2.40. The molecule has 3 rings (SSSR count). The van der Waals surface area contributed by atoms with Crippen molar-refractivity contribution in [3.05, 3.63) is 65.7 Å². The fourth-order valence-electron chi connectivity index (χ4n) is 2.92. The van der Waals surface area contributed by atoms with Gasteiger partial charge in [-0.25, -0.2) is 8.42 Å². The smallest absolute Gasteiger partial charge is 0.254 e. The Bertz CT molecular complexity index is 921. The van der Waals surface area contributed by atoms with E-state index in [1.54, 1.807) is 59.5 Å². The first-order valence-electron chi connectivity index (χ1n) is 8.94. The van der Waals surface area contributed by atoms with Crippen molar-refractivity contribution in [1.29, 1.82) is 0 Å². The van der Waals surface area contributed by atoms with Crippen molar-refractivity contribution in [1.82, 2.24) is 4.90 Å². The second-order valence-electron chi connectivity index (χ2n) is 6.55. The summed E-state index contributed by atoms with van der Waals surface area (Å²) in [6.07, 6.45) is 0. The van der Waals surface area contributed by atoms with Crippen LogP contribution in [-0.4, -0.2) is 57.2 Å². The summed E-state index contributed by atoms with van der Waals surface area (Å²) in [5, 5.41) is 2.57. The van der Waals surface area contributed by atoms with E-state index in [1.807, 2.05) is 0 Å². The van der Waals surface area contributed by atoms with E-state index in [2.05, 4.69) is 5.32 Å². The van der Waals surface area contributed by atoms with Crippen molar-refractivity contribution < 1.29 is 22.7 Å². The molecular weight excluding hydrogens is 380 g/mol. The molecule has 1 aliphatic rings. The Morgan fingerprint density at radius 3 is 2.25 bits per heavy atom. The monoisotopic (exact) mass is 402 g/mol. The van der Waals surface area contributed by atoms with Gasteiger partial charge in [-0.1, -0.05) is 30.3 Å². The number of morpholine rings is 1. The van der Waals surface area contributed by atoms with E-state index in [9.17, 15) is 18.0 Å². The maximum absolute atomic E-state index is 12.4. The zero-order valence-electron chi connectivity index (χ0n) is 15.3. The number of amides is 2. The number of sulfone groups is 1. The molecule has 0 aliphatic carbocycles. The third kappa shape index (κ3) is 5.64. The summed E-state index contributed by atoms with van der Waals surface area (Å²) in [6.45, 7) is 2.14. The first-order chi connectivity index (χ1) is 13.4. The van der Waals surface area contributed by atoms with Crippen molar-refractivity contribution in [2.24, 2.45) is 0 Å². The van der Waals surface area contributed by atoms with E-state index in [1.165, 1.54) is 0 Å². The lowest BCUT2D eigenvalue weighted by atomic mass is 10.1. The van der Waals surface area contributed by atoms with Crippen LogP contribution in [0.3, 0.4) is 0 Å². The molecule has 0 bridgehead atoms. The summed E-state index contributed by atoms with van der Waals surface area (Å²) in [5.74, 6) is -1.54. The van der Waals surface area contributed by atoms with Gasteiger partial charge in [-0.2, -0.15) is 0 Å². The number of hydrogen-bond acceptors (Lipinski definition) is 5. The summed E-state index contributed by atoms with van der Waals surface area (Å²) >= 11 is 0. The zero-order chi connectivity index (χ0) is 20.0. The highest BCUT2D eigenvalue weighted by Gasteiger charge is 2.20. The predicted octanol–water partition coefficient (Wildman–Crippen LogP) is 1.71. The molecule has 148 valence electrons. The van der Waals surface area contributed by atoms with Gasteiger partial charge in [0.25, 0.3) is 5.91 Å². The van der Waals surface area contributed by atoms with Crippen LogP contribution in [0.15, 0.2) is 54.6 Å². The molecule has 0 aromatic heterocycles. The van der Waals surface area contributed by atoms with Crippen LogP contribution in [0.2, 0.25) is 0 Å². The number of nitrogens with zero attached hydrogens (tertiary/aromatic N) is 1. The van der Waals surface area contributed by atoms with Crippen LogP contribution in [0, 0.1) is 0 Å². The molecule has 2 aromatic rings. The van der Waals surface area contributed by atoms with E-state index < -0.39 is 21.5 Å². The molecule has 1 aliphatic heterocycles. The molecule has 1 saturated heterocycles. The molecular formula is C20H22N2O5S. The third-order valence-electron chi connectivity index (χ3n) is 4.29. The minimum atomic E-state index is -3.63. The van der Waals surface area contributed by atoms with Crippen LogP contribution < -0.4 is 5.32 Å². The van der Waals surface area contributed by atoms with Crippen LogP contribution in [0.1, 0.15) is 15.9 Å². The second-order valence-corrected chi connectivity index (χ2v) is 8.61. The molecule has 0 spiro atoms. The van der Waals surface area contributed by atoms with Crippen molar-refractivity contribution in [2.75, 3.05) is 37.4 Å². The standard InChI is InChI=1S/C20H22N2O5S/c23-19(21-18-4-2-1-3-5-18)15-28(25,26)14-16-6-8-17(9-7-16)20(24)22-10-12-27-13-11-22/h1-9H,10-15H2,(H,21,23). The Labute approximate surface area is 164 Å². The molecule has 8 heteroatoms. The van der Waals surface area contributed by atoms with Gasteiger partial charge >= 0.3 is 0 Å². The Morgan fingerprint density at radius 2 is 1.61 bits per heavy atom. The molecule has 7 nitrogen and oxygen atoms in total. The number of para-hydroxylation sites is 1. The van der Waals surface area contributed by atoms with E-state index in [0.29, 0.717) is 43.1 Å². The van der Waals surface area contributed by atoms with Gasteiger partial charge in [0, 0.05) is 24.3 Å². The van der Waals surface area contributed by atoms with Crippen LogP contribution in [0.4, 0.5) is 5.69 Å². The highest BCUT2D eigenvalue weighted by molar-refractivity contribution is 7.91. The molecule has 0 unspecified atom stereocenters. The Morgan fingerprint density at radius 1 is 0.964 bits per heavy atom.